The number of hydrogen-bond donors (Lipinski definition) is 2. The molecule has 6 heteroatoms. The van der Waals surface area contributed by atoms with E-state index in [0.717, 1.165) is 16.7 Å². The van der Waals surface area contributed by atoms with Crippen molar-refractivity contribution in [2.45, 2.75) is 32.2 Å². The van der Waals surface area contributed by atoms with Gasteiger partial charge in [0, 0.05) is 12.4 Å². The molecule has 0 atom stereocenters. The van der Waals surface area contributed by atoms with Crippen LogP contribution < -0.4 is 4.72 Å². The number of nitrogens with one attached hydrogen (secondary N) is 2. The standard InChI is InChI=1S/C13H17N3O2S/c1-9-6-10(2)13(11(3)7-9)19(17,18)16-8-12-14-4-5-15-12/h4-7,16H,8H2,1-3H3,(H,14,15). The number of aromatic nitrogens is 2. The van der Waals surface area contributed by atoms with Gasteiger partial charge >= 0.3 is 0 Å². The molecule has 0 radical (unpaired) electrons. The van der Waals surface area contributed by atoms with Crippen molar-refractivity contribution in [2.24, 2.45) is 0 Å². The van der Waals surface area contributed by atoms with Crippen molar-refractivity contribution in [3.63, 3.8) is 0 Å². The highest BCUT2D eigenvalue weighted by Crippen LogP contribution is 2.21. The average Bonchev–Trinajstić information content (AvgIpc) is 2.77. The molecule has 2 rings (SSSR count). The minimum Gasteiger partial charge on any atom is -0.347 e. The summed E-state index contributed by atoms with van der Waals surface area (Å²) in [4.78, 5) is 7.20. The first-order valence-corrected chi connectivity index (χ1v) is 7.44. The number of aryl methyl sites for hydroxylation is 3. The monoisotopic (exact) mass is 279 g/mol. The van der Waals surface area contributed by atoms with E-state index in [1.54, 1.807) is 26.2 Å². The molecule has 0 amide bonds. The van der Waals surface area contributed by atoms with Gasteiger partial charge in [0.25, 0.3) is 0 Å². The second kappa shape index (κ2) is 5.14. The van der Waals surface area contributed by atoms with Gasteiger partial charge in [-0.05, 0) is 31.9 Å². The van der Waals surface area contributed by atoms with Crippen molar-refractivity contribution in [2.75, 3.05) is 0 Å². The number of aromatic amines is 1. The van der Waals surface area contributed by atoms with Crippen LogP contribution in [0, 0.1) is 20.8 Å². The Morgan fingerprint density at radius 2 is 1.84 bits per heavy atom. The summed E-state index contributed by atoms with van der Waals surface area (Å²) in [6, 6.07) is 3.74. The molecule has 0 saturated heterocycles. The van der Waals surface area contributed by atoms with Crippen LogP contribution in [0.5, 0.6) is 0 Å². The molecule has 0 aliphatic rings. The molecule has 19 heavy (non-hydrogen) atoms. The van der Waals surface area contributed by atoms with E-state index in [-0.39, 0.29) is 6.54 Å². The third-order valence-corrected chi connectivity index (χ3v) is 4.56. The molecule has 0 aliphatic carbocycles. The summed E-state index contributed by atoms with van der Waals surface area (Å²) in [5.74, 6) is 0.589. The maximum absolute atomic E-state index is 12.3. The molecule has 1 heterocycles. The number of imidazole rings is 1. The van der Waals surface area contributed by atoms with E-state index in [1.807, 2.05) is 19.1 Å². The van der Waals surface area contributed by atoms with Gasteiger partial charge in [-0.15, -0.1) is 0 Å². The summed E-state index contributed by atoms with van der Waals surface area (Å²) in [5, 5.41) is 0. The molecule has 5 nitrogen and oxygen atoms in total. The Kier molecular flexibility index (Phi) is 3.73. The second-order valence-corrected chi connectivity index (χ2v) is 6.29. The average molecular weight is 279 g/mol. The summed E-state index contributed by atoms with van der Waals surface area (Å²) in [6.45, 7) is 5.72. The first-order chi connectivity index (χ1) is 8.90. The van der Waals surface area contributed by atoms with E-state index < -0.39 is 10.0 Å². The summed E-state index contributed by atoms with van der Waals surface area (Å²) in [7, 11) is -3.52. The van der Waals surface area contributed by atoms with Crippen LogP contribution in [-0.4, -0.2) is 18.4 Å². The van der Waals surface area contributed by atoms with Crippen molar-refractivity contribution in [1.29, 1.82) is 0 Å². The fourth-order valence-electron chi connectivity index (χ4n) is 2.22. The molecule has 0 bridgehead atoms. The van der Waals surface area contributed by atoms with Gasteiger partial charge in [0.05, 0.1) is 11.4 Å². The zero-order valence-corrected chi connectivity index (χ0v) is 12.0. The fourth-order valence-corrected chi connectivity index (χ4v) is 3.66. The summed E-state index contributed by atoms with van der Waals surface area (Å²) in [6.07, 6.45) is 3.25. The second-order valence-electron chi connectivity index (χ2n) is 4.59. The minimum absolute atomic E-state index is 0.155. The Balaban J connectivity index is 2.29. The van der Waals surface area contributed by atoms with E-state index in [1.165, 1.54) is 0 Å². The molecular weight excluding hydrogens is 262 g/mol. The Morgan fingerprint density at radius 3 is 2.37 bits per heavy atom. The summed E-state index contributed by atoms with van der Waals surface area (Å²) >= 11 is 0. The lowest BCUT2D eigenvalue weighted by Crippen LogP contribution is -2.25. The van der Waals surface area contributed by atoms with Crippen LogP contribution in [0.1, 0.15) is 22.5 Å². The van der Waals surface area contributed by atoms with Crippen molar-refractivity contribution in [3.05, 3.63) is 47.0 Å². The predicted molar refractivity (Wildman–Crippen MR) is 73.3 cm³/mol. The van der Waals surface area contributed by atoms with Crippen LogP contribution in [-0.2, 0) is 16.6 Å². The molecular formula is C13H17N3O2S. The van der Waals surface area contributed by atoms with Crippen LogP contribution in [0.25, 0.3) is 0 Å². The molecule has 2 aromatic rings. The van der Waals surface area contributed by atoms with E-state index in [9.17, 15) is 8.42 Å². The number of sulfonamides is 1. The SMILES string of the molecule is Cc1cc(C)c(S(=O)(=O)NCc2ncc[nH]2)c(C)c1. The van der Waals surface area contributed by atoms with E-state index >= 15 is 0 Å². The van der Waals surface area contributed by atoms with E-state index in [0.29, 0.717) is 10.7 Å². The molecule has 2 N–H and O–H groups in total. The van der Waals surface area contributed by atoms with Crippen LogP contribution >= 0.6 is 0 Å². The Morgan fingerprint density at radius 1 is 1.21 bits per heavy atom. The number of hydrogen-bond acceptors (Lipinski definition) is 3. The minimum atomic E-state index is -3.52. The zero-order valence-electron chi connectivity index (χ0n) is 11.2. The first-order valence-electron chi connectivity index (χ1n) is 5.96. The van der Waals surface area contributed by atoms with Gasteiger partial charge in [-0.1, -0.05) is 17.7 Å². The number of nitrogens with zero attached hydrogens (tertiary/aromatic N) is 1. The van der Waals surface area contributed by atoms with Crippen LogP contribution in [0.15, 0.2) is 29.4 Å². The van der Waals surface area contributed by atoms with Gasteiger partial charge in [0.2, 0.25) is 10.0 Å². The third kappa shape index (κ3) is 3.02. The summed E-state index contributed by atoms with van der Waals surface area (Å²) in [5.41, 5.74) is 2.56. The maximum Gasteiger partial charge on any atom is 0.241 e. The lowest BCUT2D eigenvalue weighted by atomic mass is 10.1. The maximum atomic E-state index is 12.3. The molecule has 0 aliphatic heterocycles. The quantitative estimate of drug-likeness (QED) is 0.896. The Labute approximate surface area is 113 Å². The first kappa shape index (κ1) is 13.8. The number of benzene rings is 1. The smallest absolute Gasteiger partial charge is 0.241 e. The fraction of sp³-hybridized carbons (Fsp3) is 0.308. The normalized spacial score (nSPS) is 11.7. The van der Waals surface area contributed by atoms with Gasteiger partial charge in [-0.25, -0.2) is 18.1 Å². The van der Waals surface area contributed by atoms with Gasteiger partial charge in [0.15, 0.2) is 0 Å². The highest BCUT2D eigenvalue weighted by molar-refractivity contribution is 7.89. The molecule has 102 valence electrons. The number of H-pyrrole nitrogens is 1. The van der Waals surface area contributed by atoms with Crippen LogP contribution in [0.2, 0.25) is 0 Å². The van der Waals surface area contributed by atoms with E-state index in [4.69, 9.17) is 0 Å². The van der Waals surface area contributed by atoms with Gasteiger partial charge in [0.1, 0.15) is 5.82 Å². The molecule has 1 aromatic heterocycles. The molecule has 0 spiro atoms. The Bertz CT molecular complexity index is 653. The highest BCUT2D eigenvalue weighted by Gasteiger charge is 2.19. The topological polar surface area (TPSA) is 74.8 Å². The largest absolute Gasteiger partial charge is 0.347 e. The molecule has 1 aromatic carbocycles. The lowest BCUT2D eigenvalue weighted by molar-refractivity contribution is 0.578. The molecule has 0 unspecified atom stereocenters. The predicted octanol–water partition coefficient (Wildman–Crippen LogP) is 1.81. The number of rotatable bonds is 4. The van der Waals surface area contributed by atoms with E-state index in [2.05, 4.69) is 14.7 Å². The van der Waals surface area contributed by atoms with Gasteiger partial charge in [-0.3, -0.25) is 0 Å². The zero-order chi connectivity index (χ0) is 14.0. The Hall–Kier alpha value is -1.66. The lowest BCUT2D eigenvalue weighted by Gasteiger charge is -2.12. The van der Waals surface area contributed by atoms with Crippen molar-refractivity contribution < 1.29 is 8.42 Å². The van der Waals surface area contributed by atoms with Gasteiger partial charge in [-0.2, -0.15) is 0 Å². The van der Waals surface area contributed by atoms with Crippen LogP contribution in [0.3, 0.4) is 0 Å². The summed E-state index contributed by atoms with van der Waals surface area (Å²) < 4.78 is 27.2. The molecule has 0 fully saturated rings. The molecule has 0 saturated carbocycles. The van der Waals surface area contributed by atoms with Gasteiger partial charge < -0.3 is 4.98 Å². The highest BCUT2D eigenvalue weighted by atomic mass is 32.2. The van der Waals surface area contributed by atoms with Crippen molar-refractivity contribution in [3.8, 4) is 0 Å². The third-order valence-electron chi connectivity index (χ3n) is 2.86. The van der Waals surface area contributed by atoms with Crippen molar-refractivity contribution >= 4 is 10.0 Å². The van der Waals surface area contributed by atoms with Crippen LogP contribution in [0.4, 0.5) is 0 Å². The van der Waals surface area contributed by atoms with Crippen molar-refractivity contribution in [1.82, 2.24) is 14.7 Å².